The van der Waals surface area contributed by atoms with Crippen molar-refractivity contribution in [3.8, 4) is 0 Å². The van der Waals surface area contributed by atoms with Gasteiger partial charge in [0.2, 0.25) is 0 Å². The van der Waals surface area contributed by atoms with Gasteiger partial charge in [-0.1, -0.05) is 39.0 Å². The maximum atomic E-state index is 11.0. The van der Waals surface area contributed by atoms with Crippen molar-refractivity contribution in [3.63, 3.8) is 0 Å². The van der Waals surface area contributed by atoms with Crippen LogP contribution < -0.4 is 0 Å². The van der Waals surface area contributed by atoms with Crippen LogP contribution >= 0.6 is 0 Å². The zero-order valence-corrected chi connectivity index (χ0v) is 10.1. The Morgan fingerprint density at radius 1 is 1.00 bits per heavy atom. The molecule has 0 rings (SSSR count). The lowest BCUT2D eigenvalue weighted by atomic mass is 10.1. The molecule has 0 aromatic heterocycles. The Morgan fingerprint density at radius 3 is 2.33 bits per heavy atom. The fourth-order valence-electron chi connectivity index (χ4n) is 1.30. The van der Waals surface area contributed by atoms with E-state index in [9.17, 15) is 4.79 Å². The molecule has 3 heteroatoms. The molecule has 0 radical (unpaired) electrons. The molecule has 0 fully saturated rings. The van der Waals surface area contributed by atoms with E-state index in [1.807, 2.05) is 6.92 Å². The van der Waals surface area contributed by atoms with E-state index in [4.69, 9.17) is 9.47 Å². The van der Waals surface area contributed by atoms with Crippen LogP contribution in [0.5, 0.6) is 0 Å². The Labute approximate surface area is 93.1 Å². The van der Waals surface area contributed by atoms with Crippen LogP contribution in [-0.2, 0) is 14.3 Å². The predicted molar refractivity (Wildman–Crippen MR) is 60.8 cm³/mol. The highest BCUT2D eigenvalue weighted by atomic mass is 16.6. The van der Waals surface area contributed by atoms with Gasteiger partial charge in [-0.05, 0) is 13.3 Å². The minimum atomic E-state index is -0.245. The first kappa shape index (κ1) is 14.4. The molecule has 0 saturated carbocycles. The number of ether oxygens (including phenoxy) is 2. The molecule has 90 valence electrons. The quantitative estimate of drug-likeness (QED) is 0.416. The summed E-state index contributed by atoms with van der Waals surface area (Å²) in [6, 6.07) is 0. The summed E-state index contributed by atoms with van der Waals surface area (Å²) in [6.45, 7) is 5.26. The number of carbonyl (C=O) groups is 1. The molecular weight excluding hydrogens is 192 g/mol. The van der Waals surface area contributed by atoms with Crippen molar-refractivity contribution < 1.29 is 14.3 Å². The van der Waals surface area contributed by atoms with Crippen molar-refractivity contribution in [2.45, 2.75) is 52.4 Å². The van der Waals surface area contributed by atoms with Crippen molar-refractivity contribution in [2.75, 3.05) is 19.8 Å². The van der Waals surface area contributed by atoms with Gasteiger partial charge in [-0.15, -0.1) is 0 Å². The summed E-state index contributed by atoms with van der Waals surface area (Å²) in [5.74, 6) is -0.245. The van der Waals surface area contributed by atoms with E-state index < -0.39 is 0 Å². The van der Waals surface area contributed by atoms with Crippen molar-refractivity contribution >= 4 is 5.97 Å². The lowest BCUT2D eigenvalue weighted by molar-refractivity contribution is -0.148. The number of rotatable bonds is 10. The second-order valence-electron chi connectivity index (χ2n) is 3.63. The highest BCUT2D eigenvalue weighted by molar-refractivity contribution is 5.70. The second kappa shape index (κ2) is 11.5. The van der Waals surface area contributed by atoms with Crippen LogP contribution in [0.2, 0.25) is 0 Å². The Balaban J connectivity index is 3.06. The molecule has 0 heterocycles. The predicted octanol–water partition coefficient (Wildman–Crippen LogP) is 2.93. The molecular formula is C12H24O3. The first-order valence-corrected chi connectivity index (χ1v) is 6.04. The summed E-state index contributed by atoms with van der Waals surface area (Å²) in [7, 11) is 0. The van der Waals surface area contributed by atoms with Gasteiger partial charge in [0.1, 0.15) is 6.61 Å². The average Bonchev–Trinajstić information content (AvgIpc) is 2.25. The molecule has 15 heavy (non-hydrogen) atoms. The van der Waals surface area contributed by atoms with Crippen LogP contribution in [0.3, 0.4) is 0 Å². The summed E-state index contributed by atoms with van der Waals surface area (Å²) in [6.07, 6.45) is 7.25. The third-order valence-electron chi connectivity index (χ3n) is 2.18. The van der Waals surface area contributed by atoms with E-state index in [2.05, 4.69) is 6.92 Å². The minimum absolute atomic E-state index is 0.0896. The smallest absolute Gasteiger partial charge is 0.332 e. The lowest BCUT2D eigenvalue weighted by Gasteiger charge is -2.04. The Kier molecular flexibility index (Phi) is 11.1. The van der Waals surface area contributed by atoms with Crippen LogP contribution in [-0.4, -0.2) is 25.8 Å². The highest BCUT2D eigenvalue weighted by Crippen LogP contribution is 2.04. The first-order chi connectivity index (χ1) is 7.31. The van der Waals surface area contributed by atoms with Gasteiger partial charge < -0.3 is 9.47 Å². The molecule has 0 aliphatic heterocycles. The average molecular weight is 216 g/mol. The Bertz CT molecular complexity index is 146. The van der Waals surface area contributed by atoms with Crippen LogP contribution in [0, 0.1) is 0 Å². The molecule has 0 atom stereocenters. The Hall–Kier alpha value is -0.570. The van der Waals surface area contributed by atoms with Gasteiger partial charge in [-0.25, -0.2) is 4.79 Å². The van der Waals surface area contributed by atoms with E-state index in [1.165, 1.54) is 25.7 Å². The van der Waals surface area contributed by atoms with E-state index >= 15 is 0 Å². The van der Waals surface area contributed by atoms with Crippen molar-refractivity contribution in [1.29, 1.82) is 0 Å². The number of unbranched alkanes of at least 4 members (excludes halogenated alkanes) is 5. The van der Waals surface area contributed by atoms with Gasteiger partial charge in [0.15, 0.2) is 0 Å². The van der Waals surface area contributed by atoms with Gasteiger partial charge in [0, 0.05) is 6.61 Å². The molecule has 0 unspecified atom stereocenters. The maximum Gasteiger partial charge on any atom is 0.332 e. The van der Waals surface area contributed by atoms with Crippen LogP contribution in [0.4, 0.5) is 0 Å². The summed E-state index contributed by atoms with van der Waals surface area (Å²) in [5.41, 5.74) is 0. The number of esters is 1. The van der Waals surface area contributed by atoms with Crippen molar-refractivity contribution in [2.24, 2.45) is 0 Å². The van der Waals surface area contributed by atoms with Crippen molar-refractivity contribution in [1.82, 2.24) is 0 Å². The minimum Gasteiger partial charge on any atom is -0.464 e. The van der Waals surface area contributed by atoms with Gasteiger partial charge >= 0.3 is 5.97 Å². The fraction of sp³-hybridized carbons (Fsp3) is 0.917. The third-order valence-corrected chi connectivity index (χ3v) is 2.18. The second-order valence-corrected chi connectivity index (χ2v) is 3.63. The zero-order valence-electron chi connectivity index (χ0n) is 10.1. The van der Waals surface area contributed by atoms with Crippen molar-refractivity contribution in [3.05, 3.63) is 0 Å². The monoisotopic (exact) mass is 216 g/mol. The third kappa shape index (κ3) is 11.4. The number of carbonyl (C=O) groups excluding carboxylic acids is 1. The molecule has 0 aliphatic rings. The normalized spacial score (nSPS) is 10.3. The number of hydrogen-bond donors (Lipinski definition) is 0. The zero-order chi connectivity index (χ0) is 11.4. The molecule has 0 aromatic rings. The fourth-order valence-corrected chi connectivity index (χ4v) is 1.30. The van der Waals surface area contributed by atoms with Crippen LogP contribution in [0.1, 0.15) is 52.4 Å². The summed E-state index contributed by atoms with van der Waals surface area (Å²) < 4.78 is 9.92. The van der Waals surface area contributed by atoms with E-state index in [0.717, 1.165) is 12.8 Å². The van der Waals surface area contributed by atoms with Gasteiger partial charge in [0.25, 0.3) is 0 Å². The summed E-state index contributed by atoms with van der Waals surface area (Å²) >= 11 is 0. The molecule has 0 spiro atoms. The van der Waals surface area contributed by atoms with Gasteiger partial charge in [-0.2, -0.15) is 0 Å². The molecule has 0 aromatic carbocycles. The maximum absolute atomic E-state index is 11.0. The van der Waals surface area contributed by atoms with E-state index in [1.54, 1.807) is 0 Å². The highest BCUT2D eigenvalue weighted by Gasteiger charge is 2.00. The molecule has 0 aliphatic carbocycles. The largest absolute Gasteiger partial charge is 0.464 e. The van der Waals surface area contributed by atoms with E-state index in [0.29, 0.717) is 13.2 Å². The first-order valence-electron chi connectivity index (χ1n) is 6.04. The molecule has 0 saturated heterocycles. The molecule has 0 N–H and O–H groups in total. The van der Waals surface area contributed by atoms with E-state index in [-0.39, 0.29) is 12.6 Å². The standard InChI is InChI=1S/C12H24O3/c1-3-5-6-7-8-9-10-15-12(13)11-14-4-2/h3-11H2,1-2H3. The van der Waals surface area contributed by atoms with Gasteiger partial charge in [0.05, 0.1) is 6.61 Å². The van der Waals surface area contributed by atoms with Gasteiger partial charge in [-0.3, -0.25) is 0 Å². The summed E-state index contributed by atoms with van der Waals surface area (Å²) in [4.78, 5) is 11.0. The summed E-state index contributed by atoms with van der Waals surface area (Å²) in [5, 5.41) is 0. The van der Waals surface area contributed by atoms with Crippen LogP contribution in [0.15, 0.2) is 0 Å². The molecule has 0 amide bonds. The topological polar surface area (TPSA) is 35.5 Å². The molecule has 0 bridgehead atoms. The van der Waals surface area contributed by atoms with Crippen LogP contribution in [0.25, 0.3) is 0 Å². The Morgan fingerprint density at radius 2 is 1.67 bits per heavy atom. The lowest BCUT2D eigenvalue weighted by Crippen LogP contribution is -2.13. The number of hydrogen-bond acceptors (Lipinski definition) is 3. The molecule has 3 nitrogen and oxygen atoms in total. The SMILES string of the molecule is CCCCCCCCOC(=O)COCC.